The number of hydrogen-bond donors (Lipinski definition) is 0. The average molecular weight is 346 g/mol. The Morgan fingerprint density at radius 1 is 1.29 bits per heavy atom. The van der Waals surface area contributed by atoms with Crippen LogP contribution in [-0.4, -0.2) is 49.2 Å². The summed E-state index contributed by atoms with van der Waals surface area (Å²) in [7, 11) is 0. The molecule has 10 heteroatoms. The highest BCUT2D eigenvalue weighted by Gasteiger charge is 2.34. The summed E-state index contributed by atoms with van der Waals surface area (Å²) >= 11 is 0. The number of aromatic nitrogens is 5. The molecule has 1 aliphatic heterocycles. The SMILES string of the molecule is FCCn1ncnc1CN1CCC[C@H](n2ccc(C(F)(F)F)n2)C1. The zero-order valence-electron chi connectivity index (χ0n) is 13.0. The monoisotopic (exact) mass is 346 g/mol. The molecule has 0 spiro atoms. The van der Waals surface area contributed by atoms with E-state index in [4.69, 9.17) is 0 Å². The fraction of sp³-hybridized carbons (Fsp3) is 0.643. The maximum absolute atomic E-state index is 12.7. The minimum atomic E-state index is -4.43. The number of hydrogen-bond acceptors (Lipinski definition) is 4. The number of alkyl halides is 4. The van der Waals surface area contributed by atoms with E-state index in [0.717, 1.165) is 25.5 Å². The Labute approximate surface area is 136 Å². The standard InChI is InChI=1S/C14H18F4N6/c15-4-7-24-13(19-10-20-24)9-22-5-1-2-11(8-22)23-6-3-12(21-23)14(16,17)18/h3,6,10-11H,1-2,4-5,7-9H2/t11-/m0/s1. The Bertz CT molecular complexity index is 664. The molecule has 6 nitrogen and oxygen atoms in total. The molecule has 2 aromatic rings. The molecule has 24 heavy (non-hydrogen) atoms. The molecule has 132 valence electrons. The molecule has 1 atom stereocenters. The van der Waals surface area contributed by atoms with Crippen molar-refractivity contribution in [2.45, 2.75) is 38.1 Å². The van der Waals surface area contributed by atoms with Gasteiger partial charge in [-0.2, -0.15) is 23.4 Å². The first-order chi connectivity index (χ1) is 11.5. The summed E-state index contributed by atoms with van der Waals surface area (Å²) in [6.45, 7) is 1.50. The number of nitrogens with zero attached hydrogens (tertiary/aromatic N) is 6. The highest BCUT2D eigenvalue weighted by atomic mass is 19.4. The molecule has 0 N–H and O–H groups in total. The van der Waals surface area contributed by atoms with Crippen LogP contribution < -0.4 is 0 Å². The summed E-state index contributed by atoms with van der Waals surface area (Å²) in [6, 6.07) is 0.879. The van der Waals surface area contributed by atoms with Crippen molar-refractivity contribution in [2.24, 2.45) is 0 Å². The highest BCUT2D eigenvalue weighted by molar-refractivity contribution is 5.04. The van der Waals surface area contributed by atoms with Gasteiger partial charge in [-0.05, 0) is 25.5 Å². The van der Waals surface area contributed by atoms with E-state index in [0.29, 0.717) is 18.9 Å². The number of rotatable bonds is 5. The van der Waals surface area contributed by atoms with Crippen LogP contribution in [0.5, 0.6) is 0 Å². The Kier molecular flexibility index (Phi) is 4.83. The van der Waals surface area contributed by atoms with Gasteiger partial charge in [-0.1, -0.05) is 0 Å². The molecule has 0 aliphatic carbocycles. The Morgan fingerprint density at radius 3 is 2.83 bits per heavy atom. The van der Waals surface area contributed by atoms with E-state index in [9.17, 15) is 17.6 Å². The number of aryl methyl sites for hydroxylation is 1. The normalized spacial score (nSPS) is 19.8. The van der Waals surface area contributed by atoms with Crippen LogP contribution in [0.25, 0.3) is 0 Å². The third-order valence-electron chi connectivity index (χ3n) is 4.11. The minimum absolute atomic E-state index is 0.118. The van der Waals surface area contributed by atoms with Gasteiger partial charge in [0.1, 0.15) is 18.8 Å². The van der Waals surface area contributed by atoms with Crippen LogP contribution in [-0.2, 0) is 19.3 Å². The van der Waals surface area contributed by atoms with E-state index in [1.54, 1.807) is 0 Å². The van der Waals surface area contributed by atoms with E-state index in [1.165, 1.54) is 21.9 Å². The molecule has 1 saturated heterocycles. The average Bonchev–Trinajstić information content (AvgIpc) is 3.18. The summed E-state index contributed by atoms with van der Waals surface area (Å²) in [5.41, 5.74) is -0.873. The zero-order chi connectivity index (χ0) is 17.2. The molecule has 1 aliphatic rings. The van der Waals surface area contributed by atoms with E-state index in [2.05, 4.69) is 20.1 Å². The summed E-state index contributed by atoms with van der Waals surface area (Å²) in [4.78, 5) is 6.22. The third kappa shape index (κ3) is 3.74. The molecule has 0 saturated carbocycles. The predicted octanol–water partition coefficient (Wildman–Crippen LogP) is 2.30. The Hall–Kier alpha value is -1.97. The van der Waals surface area contributed by atoms with Gasteiger partial charge in [-0.25, -0.2) is 14.1 Å². The van der Waals surface area contributed by atoms with Crippen molar-refractivity contribution in [2.75, 3.05) is 19.8 Å². The first-order valence-corrected chi connectivity index (χ1v) is 7.74. The van der Waals surface area contributed by atoms with Crippen molar-refractivity contribution in [1.82, 2.24) is 29.4 Å². The maximum atomic E-state index is 12.7. The lowest BCUT2D eigenvalue weighted by Crippen LogP contribution is -2.37. The number of piperidine rings is 1. The van der Waals surface area contributed by atoms with Crippen molar-refractivity contribution >= 4 is 0 Å². The van der Waals surface area contributed by atoms with Gasteiger partial charge in [0.25, 0.3) is 0 Å². The van der Waals surface area contributed by atoms with Gasteiger partial charge in [0.05, 0.1) is 19.1 Å². The smallest absolute Gasteiger partial charge is 0.294 e. The van der Waals surface area contributed by atoms with Crippen LogP contribution in [0.3, 0.4) is 0 Å². The molecular formula is C14H18F4N6. The van der Waals surface area contributed by atoms with Crippen molar-refractivity contribution < 1.29 is 17.6 Å². The highest BCUT2D eigenvalue weighted by Crippen LogP contribution is 2.29. The quantitative estimate of drug-likeness (QED) is 0.780. The Balaban J connectivity index is 1.66. The van der Waals surface area contributed by atoms with Gasteiger partial charge >= 0.3 is 6.18 Å². The number of likely N-dealkylation sites (tertiary alicyclic amines) is 1. The molecule has 0 amide bonds. The zero-order valence-corrected chi connectivity index (χ0v) is 13.0. The lowest BCUT2D eigenvalue weighted by molar-refractivity contribution is -0.141. The van der Waals surface area contributed by atoms with Gasteiger partial charge in [-0.3, -0.25) is 9.58 Å². The van der Waals surface area contributed by atoms with Crippen LogP contribution in [0, 0.1) is 0 Å². The molecule has 0 unspecified atom stereocenters. The molecular weight excluding hydrogens is 328 g/mol. The van der Waals surface area contributed by atoms with Crippen molar-refractivity contribution in [3.63, 3.8) is 0 Å². The summed E-state index contributed by atoms with van der Waals surface area (Å²) in [6.07, 6.45) is -0.0454. The van der Waals surface area contributed by atoms with Gasteiger partial charge in [0.2, 0.25) is 0 Å². The van der Waals surface area contributed by atoms with Gasteiger partial charge in [0, 0.05) is 12.7 Å². The van der Waals surface area contributed by atoms with Crippen molar-refractivity contribution in [1.29, 1.82) is 0 Å². The van der Waals surface area contributed by atoms with Crippen LogP contribution >= 0.6 is 0 Å². The molecule has 3 heterocycles. The molecule has 3 rings (SSSR count). The van der Waals surface area contributed by atoms with Gasteiger partial charge in [-0.15, -0.1) is 0 Å². The van der Waals surface area contributed by atoms with Crippen LogP contribution in [0.4, 0.5) is 17.6 Å². The van der Waals surface area contributed by atoms with E-state index in [-0.39, 0.29) is 12.6 Å². The molecule has 0 bridgehead atoms. The van der Waals surface area contributed by atoms with Crippen LogP contribution in [0.1, 0.15) is 30.4 Å². The first-order valence-electron chi connectivity index (χ1n) is 7.74. The summed E-state index contributed by atoms with van der Waals surface area (Å²) in [5, 5.41) is 7.64. The predicted molar refractivity (Wildman–Crippen MR) is 76.8 cm³/mol. The van der Waals surface area contributed by atoms with Gasteiger partial charge < -0.3 is 0 Å². The minimum Gasteiger partial charge on any atom is -0.294 e. The van der Waals surface area contributed by atoms with E-state index >= 15 is 0 Å². The van der Waals surface area contributed by atoms with Crippen molar-refractivity contribution in [3.8, 4) is 0 Å². The summed E-state index contributed by atoms with van der Waals surface area (Å²) in [5.74, 6) is 0.657. The maximum Gasteiger partial charge on any atom is 0.435 e. The van der Waals surface area contributed by atoms with E-state index < -0.39 is 18.5 Å². The van der Waals surface area contributed by atoms with Gasteiger partial charge in [0.15, 0.2) is 5.69 Å². The molecule has 0 radical (unpaired) electrons. The second kappa shape index (κ2) is 6.88. The van der Waals surface area contributed by atoms with Crippen LogP contribution in [0.2, 0.25) is 0 Å². The Morgan fingerprint density at radius 2 is 2.12 bits per heavy atom. The second-order valence-corrected chi connectivity index (χ2v) is 5.80. The fourth-order valence-corrected chi connectivity index (χ4v) is 2.96. The van der Waals surface area contributed by atoms with Crippen molar-refractivity contribution in [3.05, 3.63) is 30.1 Å². The molecule has 2 aromatic heterocycles. The second-order valence-electron chi connectivity index (χ2n) is 5.80. The first kappa shape index (κ1) is 16.9. The summed E-state index contributed by atoms with van der Waals surface area (Å²) < 4.78 is 53.4. The lowest BCUT2D eigenvalue weighted by atomic mass is 10.1. The molecule has 0 aromatic carbocycles. The fourth-order valence-electron chi connectivity index (χ4n) is 2.96. The van der Waals surface area contributed by atoms with Crippen LogP contribution in [0.15, 0.2) is 18.6 Å². The van der Waals surface area contributed by atoms with E-state index in [1.807, 2.05) is 0 Å². The lowest BCUT2D eigenvalue weighted by Gasteiger charge is -2.32. The molecule has 1 fully saturated rings. The topological polar surface area (TPSA) is 51.8 Å². The number of halogens is 4. The largest absolute Gasteiger partial charge is 0.435 e. The third-order valence-corrected chi connectivity index (χ3v) is 4.11.